The Morgan fingerprint density at radius 3 is 2.82 bits per heavy atom. The number of aromatic amines is 1. The number of thioether (sulfide) groups is 1. The lowest BCUT2D eigenvalue weighted by Crippen LogP contribution is -2.28. The average molecular weight is 394 g/mol. The first-order valence-corrected chi connectivity index (χ1v) is 9.77. The van der Waals surface area contributed by atoms with Gasteiger partial charge in [0.15, 0.2) is 5.16 Å². The maximum atomic E-state index is 12.9. The van der Waals surface area contributed by atoms with Gasteiger partial charge in [-0.3, -0.25) is 9.59 Å². The molecule has 7 nitrogen and oxygen atoms in total. The van der Waals surface area contributed by atoms with E-state index in [2.05, 4.69) is 15.1 Å². The standard InChI is InChI=1S/C20H18N4O3S/c1-13-4-6-14(7-5-13)15-11-16(17-3-2-10-27-17)24(23-15)19(26)12-28-20-21-9-8-18(25)22-20/h2-10,16H,11-12H2,1H3,(H,21,22,25)/t16-/m0/s1. The fourth-order valence-electron chi connectivity index (χ4n) is 2.98. The number of carbonyl (C=O) groups excluding carboxylic acids is 1. The number of hydrogen-bond acceptors (Lipinski definition) is 6. The zero-order valence-corrected chi connectivity index (χ0v) is 16.0. The van der Waals surface area contributed by atoms with Gasteiger partial charge in [0.25, 0.3) is 11.5 Å². The average Bonchev–Trinajstić information content (AvgIpc) is 3.36. The smallest absolute Gasteiger partial charge is 0.253 e. The number of nitrogens with zero attached hydrogens (tertiary/aromatic N) is 3. The molecule has 1 N–H and O–H groups in total. The van der Waals surface area contributed by atoms with Crippen LogP contribution in [0, 0.1) is 6.92 Å². The minimum atomic E-state index is -0.290. The number of amides is 1. The number of carbonyl (C=O) groups is 1. The lowest BCUT2D eigenvalue weighted by Gasteiger charge is -2.19. The molecule has 0 radical (unpaired) electrons. The van der Waals surface area contributed by atoms with E-state index in [9.17, 15) is 9.59 Å². The van der Waals surface area contributed by atoms with Crippen molar-refractivity contribution in [3.8, 4) is 0 Å². The predicted octanol–water partition coefficient (Wildman–Crippen LogP) is 3.14. The zero-order chi connectivity index (χ0) is 19.5. The molecule has 8 heteroatoms. The second kappa shape index (κ2) is 7.85. The van der Waals surface area contributed by atoms with Crippen LogP contribution in [0.25, 0.3) is 0 Å². The molecule has 1 aromatic carbocycles. The summed E-state index contributed by atoms with van der Waals surface area (Å²) >= 11 is 1.17. The van der Waals surface area contributed by atoms with Crippen molar-refractivity contribution in [2.24, 2.45) is 5.10 Å². The molecule has 0 bridgehead atoms. The summed E-state index contributed by atoms with van der Waals surface area (Å²) in [7, 11) is 0. The summed E-state index contributed by atoms with van der Waals surface area (Å²) < 4.78 is 5.55. The van der Waals surface area contributed by atoms with Crippen molar-refractivity contribution in [1.29, 1.82) is 0 Å². The SMILES string of the molecule is Cc1ccc(C2=NN(C(=O)CSc3nccc(=O)[nH]3)[C@H](c3ccco3)C2)cc1. The van der Waals surface area contributed by atoms with Gasteiger partial charge in [-0.2, -0.15) is 5.10 Å². The largest absolute Gasteiger partial charge is 0.467 e. The molecule has 0 saturated carbocycles. The van der Waals surface area contributed by atoms with E-state index >= 15 is 0 Å². The highest BCUT2D eigenvalue weighted by molar-refractivity contribution is 7.99. The summed E-state index contributed by atoms with van der Waals surface area (Å²) in [6, 6.07) is 12.8. The third-order valence-electron chi connectivity index (χ3n) is 4.40. The predicted molar refractivity (Wildman–Crippen MR) is 106 cm³/mol. The number of H-pyrrole nitrogens is 1. The Morgan fingerprint density at radius 1 is 1.29 bits per heavy atom. The van der Waals surface area contributed by atoms with Gasteiger partial charge in [0, 0.05) is 18.7 Å². The molecule has 1 atom stereocenters. The van der Waals surface area contributed by atoms with Gasteiger partial charge in [-0.15, -0.1) is 0 Å². The Labute approximate surface area is 165 Å². The molecule has 1 aliphatic heterocycles. The number of hydrogen-bond donors (Lipinski definition) is 1. The maximum Gasteiger partial charge on any atom is 0.253 e. The molecule has 142 valence electrons. The third kappa shape index (κ3) is 3.91. The fourth-order valence-corrected chi connectivity index (χ4v) is 3.69. The van der Waals surface area contributed by atoms with Gasteiger partial charge in [-0.05, 0) is 24.6 Å². The summed E-state index contributed by atoms with van der Waals surface area (Å²) in [5.74, 6) is 0.616. The molecule has 0 fully saturated rings. The van der Waals surface area contributed by atoms with Crippen LogP contribution in [0.4, 0.5) is 0 Å². The summed E-state index contributed by atoms with van der Waals surface area (Å²) in [4.78, 5) is 30.9. The first kappa shape index (κ1) is 18.2. The van der Waals surface area contributed by atoms with Crippen molar-refractivity contribution in [1.82, 2.24) is 15.0 Å². The summed E-state index contributed by atoms with van der Waals surface area (Å²) in [5.41, 5.74) is 2.74. The zero-order valence-electron chi connectivity index (χ0n) is 15.2. The molecule has 0 spiro atoms. The topological polar surface area (TPSA) is 91.6 Å². The normalized spacial score (nSPS) is 16.2. The molecular formula is C20H18N4O3S. The van der Waals surface area contributed by atoms with Crippen molar-refractivity contribution in [2.75, 3.05) is 5.75 Å². The summed E-state index contributed by atoms with van der Waals surface area (Å²) in [5, 5.41) is 6.46. The number of hydrazone groups is 1. The Bertz CT molecular complexity index is 1060. The lowest BCUT2D eigenvalue weighted by molar-refractivity contribution is -0.130. The van der Waals surface area contributed by atoms with E-state index in [-0.39, 0.29) is 23.3 Å². The number of furan rings is 1. The van der Waals surface area contributed by atoms with Crippen LogP contribution in [0.5, 0.6) is 0 Å². The van der Waals surface area contributed by atoms with E-state index < -0.39 is 0 Å². The molecule has 3 heterocycles. The summed E-state index contributed by atoms with van der Waals surface area (Å²) in [6.45, 7) is 2.03. The molecule has 0 unspecified atom stereocenters. The highest BCUT2D eigenvalue weighted by atomic mass is 32.2. The van der Waals surface area contributed by atoms with Crippen LogP contribution in [0.15, 0.2) is 74.4 Å². The van der Waals surface area contributed by atoms with Gasteiger partial charge in [0.2, 0.25) is 0 Å². The van der Waals surface area contributed by atoms with E-state index in [1.807, 2.05) is 37.3 Å². The van der Waals surface area contributed by atoms with Gasteiger partial charge in [-0.25, -0.2) is 9.99 Å². The van der Waals surface area contributed by atoms with Gasteiger partial charge in [0.1, 0.15) is 11.8 Å². The molecule has 1 amide bonds. The van der Waals surface area contributed by atoms with Crippen LogP contribution in [0.1, 0.15) is 29.3 Å². The maximum absolute atomic E-state index is 12.9. The van der Waals surface area contributed by atoms with Crippen molar-refractivity contribution in [3.05, 3.63) is 82.2 Å². The van der Waals surface area contributed by atoms with Gasteiger partial charge < -0.3 is 9.40 Å². The van der Waals surface area contributed by atoms with Gasteiger partial charge in [0.05, 0.1) is 17.7 Å². The first-order valence-electron chi connectivity index (χ1n) is 8.78. The van der Waals surface area contributed by atoms with Crippen LogP contribution in [-0.4, -0.2) is 32.3 Å². The Balaban J connectivity index is 1.56. The minimum Gasteiger partial charge on any atom is -0.467 e. The van der Waals surface area contributed by atoms with Crippen molar-refractivity contribution >= 4 is 23.4 Å². The molecular weight excluding hydrogens is 376 g/mol. The molecule has 0 saturated heterocycles. The second-order valence-electron chi connectivity index (χ2n) is 6.41. The number of aryl methyl sites for hydroxylation is 1. The van der Waals surface area contributed by atoms with E-state index in [0.29, 0.717) is 17.3 Å². The number of aromatic nitrogens is 2. The second-order valence-corrected chi connectivity index (χ2v) is 7.38. The van der Waals surface area contributed by atoms with E-state index in [4.69, 9.17) is 4.42 Å². The van der Waals surface area contributed by atoms with Gasteiger partial charge >= 0.3 is 0 Å². The van der Waals surface area contributed by atoms with Crippen molar-refractivity contribution < 1.29 is 9.21 Å². The monoisotopic (exact) mass is 394 g/mol. The molecule has 3 aromatic rings. The quantitative estimate of drug-likeness (QED) is 0.530. The number of rotatable bonds is 5. The lowest BCUT2D eigenvalue weighted by atomic mass is 10.0. The Hall–Kier alpha value is -3.13. The Morgan fingerprint density at radius 2 is 2.11 bits per heavy atom. The van der Waals surface area contributed by atoms with Crippen LogP contribution < -0.4 is 5.56 Å². The Kier molecular flexibility index (Phi) is 5.12. The van der Waals surface area contributed by atoms with Gasteiger partial charge in [-0.1, -0.05) is 41.6 Å². The molecule has 2 aromatic heterocycles. The van der Waals surface area contributed by atoms with Crippen LogP contribution in [0.2, 0.25) is 0 Å². The molecule has 28 heavy (non-hydrogen) atoms. The fraction of sp³-hybridized carbons (Fsp3) is 0.200. The van der Waals surface area contributed by atoms with Crippen LogP contribution >= 0.6 is 11.8 Å². The van der Waals surface area contributed by atoms with Crippen LogP contribution in [-0.2, 0) is 4.79 Å². The van der Waals surface area contributed by atoms with Crippen molar-refractivity contribution in [2.45, 2.75) is 24.5 Å². The molecule has 1 aliphatic rings. The van der Waals surface area contributed by atoms with E-state index in [0.717, 1.165) is 11.3 Å². The van der Waals surface area contributed by atoms with E-state index in [1.54, 1.807) is 12.3 Å². The number of benzene rings is 1. The van der Waals surface area contributed by atoms with Crippen molar-refractivity contribution in [3.63, 3.8) is 0 Å². The third-order valence-corrected chi connectivity index (χ3v) is 5.27. The van der Waals surface area contributed by atoms with Crippen LogP contribution in [0.3, 0.4) is 0 Å². The highest BCUT2D eigenvalue weighted by Gasteiger charge is 2.34. The number of nitrogens with one attached hydrogen (secondary N) is 1. The minimum absolute atomic E-state index is 0.106. The highest BCUT2D eigenvalue weighted by Crippen LogP contribution is 2.33. The molecule has 0 aliphatic carbocycles. The van der Waals surface area contributed by atoms with E-state index in [1.165, 1.54) is 34.6 Å². The molecule has 4 rings (SSSR count). The first-order chi connectivity index (χ1) is 13.6. The summed E-state index contributed by atoms with van der Waals surface area (Å²) in [6.07, 6.45) is 3.59.